The second kappa shape index (κ2) is 11.9. The van der Waals surface area contributed by atoms with Crippen molar-refractivity contribution >= 4 is 11.8 Å². The van der Waals surface area contributed by atoms with Crippen molar-refractivity contribution in [2.75, 3.05) is 39.3 Å². The molecule has 0 saturated carbocycles. The van der Waals surface area contributed by atoms with Gasteiger partial charge in [0.15, 0.2) is 6.10 Å². The van der Waals surface area contributed by atoms with Crippen molar-refractivity contribution in [3.63, 3.8) is 0 Å². The van der Waals surface area contributed by atoms with Gasteiger partial charge in [-0.3, -0.25) is 14.5 Å². The van der Waals surface area contributed by atoms with E-state index in [4.69, 9.17) is 4.74 Å². The van der Waals surface area contributed by atoms with Crippen LogP contribution in [0.5, 0.6) is 5.75 Å². The molecule has 198 valence electrons. The molecule has 2 atom stereocenters. The fourth-order valence-electron chi connectivity index (χ4n) is 5.25. The molecule has 0 aliphatic carbocycles. The average molecular weight is 508 g/mol. The Hall–Kier alpha value is -3.19. The molecule has 37 heavy (non-hydrogen) atoms. The Bertz CT molecular complexity index is 1110. The minimum atomic E-state index is -0.629. The Morgan fingerprint density at radius 1 is 1.05 bits per heavy atom. The maximum Gasteiger partial charge on any atom is 0.263 e. The molecule has 2 aromatic carbocycles. The first-order valence-corrected chi connectivity index (χ1v) is 13.2. The van der Waals surface area contributed by atoms with Gasteiger partial charge in [0.05, 0.1) is 6.04 Å². The molecule has 7 heteroatoms. The highest BCUT2D eigenvalue weighted by molar-refractivity contribution is 5.81. The van der Waals surface area contributed by atoms with Crippen LogP contribution in [0.1, 0.15) is 49.9 Å². The van der Waals surface area contributed by atoms with E-state index < -0.39 is 6.10 Å². The lowest BCUT2D eigenvalue weighted by Crippen LogP contribution is -2.51. The second-order valence-corrected chi connectivity index (χ2v) is 10.4. The molecule has 2 aromatic rings. The van der Waals surface area contributed by atoms with Crippen LogP contribution in [0.2, 0.25) is 0 Å². The summed E-state index contributed by atoms with van der Waals surface area (Å²) >= 11 is 0. The van der Waals surface area contributed by atoms with Crippen molar-refractivity contribution in [2.45, 2.75) is 45.8 Å². The van der Waals surface area contributed by atoms with Crippen LogP contribution < -0.4 is 4.74 Å². The van der Waals surface area contributed by atoms with Gasteiger partial charge in [0.25, 0.3) is 5.91 Å². The third kappa shape index (κ3) is 6.39. The van der Waals surface area contributed by atoms with Gasteiger partial charge in [0, 0.05) is 45.7 Å². The lowest BCUT2D eigenvalue weighted by Gasteiger charge is -2.38. The van der Waals surface area contributed by atoms with Crippen LogP contribution in [0.4, 0.5) is 4.39 Å². The van der Waals surface area contributed by atoms with Gasteiger partial charge < -0.3 is 14.5 Å². The maximum atomic E-state index is 13.7. The summed E-state index contributed by atoms with van der Waals surface area (Å²) in [5.74, 6) is 0.577. The number of carbonyl (C=O) groups excluding carboxylic acids is 2. The zero-order valence-electron chi connectivity index (χ0n) is 22.2. The second-order valence-electron chi connectivity index (χ2n) is 10.4. The summed E-state index contributed by atoms with van der Waals surface area (Å²) in [5, 5.41) is 0. The SMILES string of the molecule is C=CCN1CCN(C(=O)[C@@H](C)Oc2ccc3c(c2)[C@@H](c2ccc(F)cc2)N(C(=O)CC(C)C)CC3)CC1. The Labute approximate surface area is 219 Å². The van der Waals surface area contributed by atoms with Crippen LogP contribution >= 0.6 is 0 Å². The Kier molecular flexibility index (Phi) is 8.64. The van der Waals surface area contributed by atoms with Gasteiger partial charge in [-0.1, -0.05) is 38.1 Å². The van der Waals surface area contributed by atoms with E-state index in [0.29, 0.717) is 31.8 Å². The molecular weight excluding hydrogens is 469 g/mol. The predicted molar refractivity (Wildman–Crippen MR) is 143 cm³/mol. The highest BCUT2D eigenvalue weighted by atomic mass is 19.1. The third-order valence-electron chi connectivity index (χ3n) is 7.17. The molecule has 2 aliphatic rings. The maximum absolute atomic E-state index is 13.7. The van der Waals surface area contributed by atoms with Crippen molar-refractivity contribution in [1.29, 1.82) is 0 Å². The van der Waals surface area contributed by atoms with Gasteiger partial charge >= 0.3 is 0 Å². The number of rotatable bonds is 8. The van der Waals surface area contributed by atoms with Gasteiger partial charge in [-0.15, -0.1) is 6.58 Å². The van der Waals surface area contributed by atoms with Crippen LogP contribution in [-0.4, -0.2) is 71.9 Å². The van der Waals surface area contributed by atoms with Crippen LogP contribution in [0.25, 0.3) is 0 Å². The summed E-state index contributed by atoms with van der Waals surface area (Å²) in [6, 6.07) is 11.9. The number of carbonyl (C=O) groups is 2. The lowest BCUT2D eigenvalue weighted by atomic mass is 9.87. The standard InChI is InChI=1S/C30H38FN3O3/c1-5-13-32-15-17-33(18-16-32)30(36)22(4)37-26-11-8-23-12-14-34(28(35)19-21(2)3)29(27(23)20-26)24-6-9-25(31)10-7-24/h5-11,20-22,29H,1,12-19H2,2-4H3/t22-,29-/m1/s1. The van der Waals surface area contributed by atoms with Crippen LogP contribution in [0.3, 0.4) is 0 Å². The third-order valence-corrected chi connectivity index (χ3v) is 7.17. The topological polar surface area (TPSA) is 53.1 Å². The smallest absolute Gasteiger partial charge is 0.263 e. The molecule has 2 amide bonds. The van der Waals surface area contributed by atoms with Crippen molar-refractivity contribution < 1.29 is 18.7 Å². The zero-order chi connectivity index (χ0) is 26.5. The molecule has 2 aliphatic heterocycles. The van der Waals surface area contributed by atoms with E-state index in [2.05, 4.69) is 11.5 Å². The Balaban J connectivity index is 1.55. The average Bonchev–Trinajstić information content (AvgIpc) is 2.88. The van der Waals surface area contributed by atoms with Crippen molar-refractivity contribution in [3.8, 4) is 5.75 Å². The van der Waals surface area contributed by atoms with E-state index in [0.717, 1.165) is 42.7 Å². The number of amides is 2. The number of ether oxygens (including phenoxy) is 1. The zero-order valence-corrected chi connectivity index (χ0v) is 22.2. The molecule has 0 bridgehead atoms. The number of fused-ring (bicyclic) bond motifs is 1. The molecule has 0 spiro atoms. The normalized spacial score (nSPS) is 18.9. The van der Waals surface area contributed by atoms with Crippen molar-refractivity contribution in [1.82, 2.24) is 14.7 Å². The summed E-state index contributed by atoms with van der Waals surface area (Å²) in [6.07, 6.45) is 2.45. The molecular formula is C30H38FN3O3. The number of hydrogen-bond acceptors (Lipinski definition) is 4. The van der Waals surface area contributed by atoms with Crippen LogP contribution in [0.15, 0.2) is 55.1 Å². The van der Waals surface area contributed by atoms with Gasteiger partial charge in [-0.25, -0.2) is 4.39 Å². The minimum absolute atomic E-state index is 0.0280. The molecule has 1 fully saturated rings. The van der Waals surface area contributed by atoms with Crippen molar-refractivity contribution in [3.05, 3.63) is 77.6 Å². The predicted octanol–water partition coefficient (Wildman–Crippen LogP) is 4.44. The summed E-state index contributed by atoms with van der Waals surface area (Å²) in [5.41, 5.74) is 2.95. The molecule has 0 aromatic heterocycles. The Morgan fingerprint density at radius 3 is 2.41 bits per heavy atom. The molecule has 0 N–H and O–H groups in total. The molecule has 0 radical (unpaired) electrons. The number of piperazine rings is 1. The van der Waals surface area contributed by atoms with E-state index in [9.17, 15) is 14.0 Å². The summed E-state index contributed by atoms with van der Waals surface area (Å²) in [6.45, 7) is 14.1. The number of nitrogens with zero attached hydrogens (tertiary/aromatic N) is 3. The van der Waals surface area contributed by atoms with E-state index >= 15 is 0 Å². The number of halogens is 1. The van der Waals surface area contributed by atoms with E-state index in [1.807, 2.05) is 47.9 Å². The molecule has 0 unspecified atom stereocenters. The monoisotopic (exact) mass is 507 g/mol. The quantitative estimate of drug-likeness (QED) is 0.496. The fourth-order valence-corrected chi connectivity index (χ4v) is 5.25. The van der Waals surface area contributed by atoms with E-state index in [1.54, 1.807) is 19.1 Å². The summed E-state index contributed by atoms with van der Waals surface area (Å²) < 4.78 is 19.9. The largest absolute Gasteiger partial charge is 0.481 e. The summed E-state index contributed by atoms with van der Waals surface area (Å²) in [7, 11) is 0. The van der Waals surface area contributed by atoms with Crippen LogP contribution in [0, 0.1) is 11.7 Å². The summed E-state index contributed by atoms with van der Waals surface area (Å²) in [4.78, 5) is 32.3. The number of hydrogen-bond donors (Lipinski definition) is 0. The Morgan fingerprint density at radius 2 is 1.76 bits per heavy atom. The molecule has 6 nitrogen and oxygen atoms in total. The molecule has 4 rings (SSSR count). The van der Waals surface area contributed by atoms with Crippen LogP contribution in [-0.2, 0) is 16.0 Å². The fraction of sp³-hybridized carbons (Fsp3) is 0.467. The first-order chi connectivity index (χ1) is 17.8. The minimum Gasteiger partial charge on any atom is -0.481 e. The lowest BCUT2D eigenvalue weighted by molar-refractivity contribution is -0.139. The highest BCUT2D eigenvalue weighted by Crippen LogP contribution is 2.38. The highest BCUT2D eigenvalue weighted by Gasteiger charge is 2.33. The van der Waals surface area contributed by atoms with Gasteiger partial charge in [-0.05, 0) is 60.2 Å². The van der Waals surface area contributed by atoms with Crippen molar-refractivity contribution in [2.24, 2.45) is 5.92 Å². The van der Waals surface area contributed by atoms with Gasteiger partial charge in [-0.2, -0.15) is 0 Å². The van der Waals surface area contributed by atoms with Gasteiger partial charge in [0.2, 0.25) is 5.91 Å². The number of benzene rings is 2. The molecule has 2 heterocycles. The van der Waals surface area contributed by atoms with E-state index in [1.165, 1.54) is 12.1 Å². The molecule has 1 saturated heterocycles. The van der Waals surface area contributed by atoms with E-state index in [-0.39, 0.29) is 29.6 Å². The first kappa shape index (κ1) is 26.9. The first-order valence-electron chi connectivity index (χ1n) is 13.2. The van der Waals surface area contributed by atoms with Gasteiger partial charge in [0.1, 0.15) is 11.6 Å².